The van der Waals surface area contributed by atoms with Crippen molar-refractivity contribution in [1.82, 2.24) is 4.90 Å². The number of rotatable bonds is 7. The number of hydrogen-bond acceptors (Lipinski definition) is 5. The lowest BCUT2D eigenvalue weighted by molar-refractivity contribution is -0.143. The number of carbonyl (C=O) groups is 2. The zero-order valence-electron chi connectivity index (χ0n) is 15.1. The van der Waals surface area contributed by atoms with Crippen LogP contribution in [0.5, 0.6) is 17.2 Å². The third-order valence-corrected chi connectivity index (χ3v) is 4.79. The van der Waals surface area contributed by atoms with Crippen LogP contribution in [0.4, 0.5) is 0 Å². The second-order valence-corrected chi connectivity index (χ2v) is 6.05. The fraction of sp³-hybridized carbons (Fsp3) is 0.556. The van der Waals surface area contributed by atoms with Crippen molar-refractivity contribution in [2.24, 2.45) is 5.92 Å². The van der Waals surface area contributed by atoms with Crippen LogP contribution in [0.2, 0.25) is 0 Å². The minimum atomic E-state index is -0.843. The Balaban J connectivity index is 2.09. The smallest absolute Gasteiger partial charge is 0.308 e. The van der Waals surface area contributed by atoms with E-state index in [4.69, 9.17) is 14.2 Å². The van der Waals surface area contributed by atoms with Gasteiger partial charge in [0.1, 0.15) is 0 Å². The number of aliphatic carboxylic acids is 1. The van der Waals surface area contributed by atoms with E-state index in [0.29, 0.717) is 36.6 Å². The highest BCUT2D eigenvalue weighted by molar-refractivity contribution is 5.79. The van der Waals surface area contributed by atoms with E-state index in [-0.39, 0.29) is 18.4 Å². The van der Waals surface area contributed by atoms with Crippen LogP contribution < -0.4 is 14.2 Å². The fourth-order valence-corrected chi connectivity index (χ4v) is 3.37. The van der Waals surface area contributed by atoms with Gasteiger partial charge in [-0.2, -0.15) is 0 Å². The number of carboxylic acid groups (broad SMARTS) is 1. The third kappa shape index (κ3) is 3.81. The van der Waals surface area contributed by atoms with Gasteiger partial charge >= 0.3 is 5.97 Å². The Bertz CT molecular complexity index is 645. The van der Waals surface area contributed by atoms with Gasteiger partial charge < -0.3 is 24.2 Å². The molecule has 1 saturated heterocycles. The first-order valence-electron chi connectivity index (χ1n) is 8.24. The number of aryl methyl sites for hydroxylation is 1. The Morgan fingerprint density at radius 1 is 1.16 bits per heavy atom. The predicted octanol–water partition coefficient (Wildman–Crippen LogP) is 1.97. The average Bonchev–Trinajstić information content (AvgIpc) is 3.00. The average molecular weight is 351 g/mol. The number of likely N-dealkylation sites (tertiary alicyclic amines) is 1. The van der Waals surface area contributed by atoms with E-state index in [1.165, 1.54) is 7.11 Å². The molecule has 0 aliphatic carbocycles. The number of carboxylic acids is 1. The second kappa shape index (κ2) is 8.09. The molecular weight excluding hydrogens is 326 g/mol. The zero-order valence-corrected chi connectivity index (χ0v) is 15.1. The molecule has 25 heavy (non-hydrogen) atoms. The van der Waals surface area contributed by atoms with E-state index < -0.39 is 11.9 Å². The normalized spacial score (nSPS) is 19.6. The largest absolute Gasteiger partial charge is 0.493 e. The van der Waals surface area contributed by atoms with Crippen LogP contribution in [-0.2, 0) is 16.0 Å². The standard InChI is InChI=1S/C18H25NO6/c1-11-13(18(21)22)9-10-19(11)15(20)8-6-12-5-7-14(23-2)17(25-4)16(12)24-3/h5,7,11,13H,6,8-10H2,1-4H3,(H,21,22). The van der Waals surface area contributed by atoms with Crippen LogP contribution in [-0.4, -0.2) is 55.8 Å². The van der Waals surface area contributed by atoms with Crippen LogP contribution in [0.1, 0.15) is 25.3 Å². The van der Waals surface area contributed by atoms with Gasteiger partial charge in [0.25, 0.3) is 0 Å². The molecule has 0 aromatic heterocycles. The molecule has 7 heteroatoms. The van der Waals surface area contributed by atoms with Crippen molar-refractivity contribution >= 4 is 11.9 Å². The number of amides is 1. The van der Waals surface area contributed by atoms with Gasteiger partial charge in [0, 0.05) is 19.0 Å². The summed E-state index contributed by atoms with van der Waals surface area (Å²) >= 11 is 0. The lowest BCUT2D eigenvalue weighted by atomic mass is 10.0. The summed E-state index contributed by atoms with van der Waals surface area (Å²) in [5, 5.41) is 9.19. The first-order valence-corrected chi connectivity index (χ1v) is 8.24. The summed E-state index contributed by atoms with van der Waals surface area (Å²) in [5.74, 6) is 0.229. The Morgan fingerprint density at radius 3 is 2.36 bits per heavy atom. The van der Waals surface area contributed by atoms with E-state index in [1.54, 1.807) is 32.1 Å². The van der Waals surface area contributed by atoms with Crippen molar-refractivity contribution in [2.75, 3.05) is 27.9 Å². The van der Waals surface area contributed by atoms with Crippen molar-refractivity contribution < 1.29 is 28.9 Å². The van der Waals surface area contributed by atoms with Gasteiger partial charge in [-0.3, -0.25) is 9.59 Å². The third-order valence-electron chi connectivity index (χ3n) is 4.79. The monoisotopic (exact) mass is 351 g/mol. The maximum Gasteiger partial charge on any atom is 0.308 e. The van der Waals surface area contributed by atoms with Crippen LogP contribution in [0.3, 0.4) is 0 Å². The van der Waals surface area contributed by atoms with Crippen LogP contribution in [0.25, 0.3) is 0 Å². The molecular formula is C18H25NO6. The molecule has 7 nitrogen and oxygen atoms in total. The van der Waals surface area contributed by atoms with E-state index in [0.717, 1.165) is 5.56 Å². The summed E-state index contributed by atoms with van der Waals surface area (Å²) < 4.78 is 16.0. The lowest BCUT2D eigenvalue weighted by Crippen LogP contribution is -2.37. The number of nitrogens with zero attached hydrogens (tertiary/aromatic N) is 1. The summed E-state index contributed by atoms with van der Waals surface area (Å²) in [6, 6.07) is 3.35. The van der Waals surface area contributed by atoms with E-state index in [1.807, 2.05) is 6.07 Å². The number of methoxy groups -OCH3 is 3. The molecule has 0 bridgehead atoms. The lowest BCUT2D eigenvalue weighted by Gasteiger charge is -2.23. The topological polar surface area (TPSA) is 85.3 Å². The highest BCUT2D eigenvalue weighted by Gasteiger charge is 2.37. The van der Waals surface area contributed by atoms with Crippen molar-refractivity contribution in [3.05, 3.63) is 17.7 Å². The number of benzene rings is 1. The van der Waals surface area contributed by atoms with Crippen molar-refractivity contribution in [3.63, 3.8) is 0 Å². The summed E-state index contributed by atoms with van der Waals surface area (Å²) in [6.07, 6.45) is 1.26. The number of ether oxygens (including phenoxy) is 3. The van der Waals surface area contributed by atoms with E-state index in [9.17, 15) is 14.7 Å². The Morgan fingerprint density at radius 2 is 1.84 bits per heavy atom. The van der Waals surface area contributed by atoms with Crippen molar-refractivity contribution in [3.8, 4) is 17.2 Å². The first kappa shape index (κ1) is 18.9. The summed E-state index contributed by atoms with van der Waals surface area (Å²) in [7, 11) is 4.63. The van der Waals surface area contributed by atoms with Crippen LogP contribution in [0.15, 0.2) is 12.1 Å². The molecule has 138 valence electrons. The van der Waals surface area contributed by atoms with Gasteiger partial charge in [0.05, 0.1) is 27.2 Å². The van der Waals surface area contributed by atoms with Gasteiger partial charge in [-0.05, 0) is 31.4 Å². The molecule has 0 saturated carbocycles. The molecule has 1 aliphatic rings. The van der Waals surface area contributed by atoms with Gasteiger partial charge in [-0.25, -0.2) is 0 Å². The van der Waals surface area contributed by atoms with Crippen LogP contribution >= 0.6 is 0 Å². The van der Waals surface area contributed by atoms with Gasteiger partial charge in [0.15, 0.2) is 11.5 Å². The van der Waals surface area contributed by atoms with Crippen molar-refractivity contribution in [1.29, 1.82) is 0 Å². The Labute approximate surface area is 147 Å². The molecule has 1 N–H and O–H groups in total. The molecule has 1 heterocycles. The van der Waals surface area contributed by atoms with Crippen LogP contribution in [0, 0.1) is 5.92 Å². The summed E-state index contributed by atoms with van der Waals surface area (Å²) in [4.78, 5) is 25.4. The second-order valence-electron chi connectivity index (χ2n) is 6.05. The predicted molar refractivity (Wildman–Crippen MR) is 91.3 cm³/mol. The van der Waals surface area contributed by atoms with Gasteiger partial charge in [0.2, 0.25) is 11.7 Å². The summed E-state index contributed by atoms with van der Waals surface area (Å²) in [5.41, 5.74) is 0.843. The molecule has 2 rings (SSSR count). The van der Waals surface area contributed by atoms with E-state index >= 15 is 0 Å². The molecule has 2 atom stereocenters. The quantitative estimate of drug-likeness (QED) is 0.808. The summed E-state index contributed by atoms with van der Waals surface area (Å²) in [6.45, 7) is 2.28. The SMILES string of the molecule is COc1ccc(CCC(=O)N2CCC(C(=O)O)C2C)c(OC)c1OC. The molecule has 0 spiro atoms. The number of carbonyl (C=O) groups excluding carboxylic acids is 1. The maximum absolute atomic E-state index is 12.5. The van der Waals surface area contributed by atoms with Gasteiger partial charge in [-0.1, -0.05) is 6.07 Å². The molecule has 1 aromatic carbocycles. The van der Waals surface area contributed by atoms with Crippen molar-refractivity contribution in [2.45, 2.75) is 32.2 Å². The molecule has 1 aliphatic heterocycles. The molecule has 1 fully saturated rings. The molecule has 1 aromatic rings. The van der Waals surface area contributed by atoms with E-state index in [2.05, 4.69) is 0 Å². The molecule has 1 amide bonds. The Kier molecular flexibility index (Phi) is 6.12. The first-order chi connectivity index (χ1) is 11.9. The fourth-order valence-electron chi connectivity index (χ4n) is 3.37. The molecule has 0 radical (unpaired) electrons. The highest BCUT2D eigenvalue weighted by Crippen LogP contribution is 2.40. The van der Waals surface area contributed by atoms with Gasteiger partial charge in [-0.15, -0.1) is 0 Å². The minimum Gasteiger partial charge on any atom is -0.493 e. The highest BCUT2D eigenvalue weighted by atomic mass is 16.5. The minimum absolute atomic E-state index is 0.0481. The Hall–Kier alpha value is -2.44. The molecule has 2 unspecified atom stereocenters. The number of hydrogen-bond donors (Lipinski definition) is 1. The zero-order chi connectivity index (χ0) is 18.6. The maximum atomic E-state index is 12.5.